The summed E-state index contributed by atoms with van der Waals surface area (Å²) in [5.74, 6) is 1.43. The normalized spacial score (nSPS) is 19.9. The summed E-state index contributed by atoms with van der Waals surface area (Å²) < 4.78 is 0. The molecule has 0 bridgehead atoms. The van der Waals surface area contributed by atoms with Gasteiger partial charge in [0.15, 0.2) is 0 Å². The minimum atomic E-state index is -0.201. The molecule has 0 radical (unpaired) electrons. The van der Waals surface area contributed by atoms with Gasteiger partial charge in [-0.25, -0.2) is 0 Å². The predicted octanol–water partition coefficient (Wildman–Crippen LogP) is 10.1. The van der Waals surface area contributed by atoms with Crippen LogP contribution in [0.3, 0.4) is 0 Å². The van der Waals surface area contributed by atoms with Gasteiger partial charge in [0.2, 0.25) is 0 Å². The van der Waals surface area contributed by atoms with Gasteiger partial charge in [0, 0.05) is 0 Å². The molecule has 0 heteroatoms. The SMILES string of the molecule is c1ccc2c(c1)-c1ccccc1C21c2cc(C3CCCCC3)ccc2-c2ccc(C3CCCCC3)cc21. The Labute approximate surface area is 221 Å². The van der Waals surface area contributed by atoms with Crippen LogP contribution in [0.25, 0.3) is 22.3 Å². The lowest BCUT2D eigenvalue weighted by atomic mass is 9.69. The van der Waals surface area contributed by atoms with Crippen molar-refractivity contribution in [2.75, 3.05) is 0 Å². The van der Waals surface area contributed by atoms with Crippen LogP contribution in [-0.4, -0.2) is 0 Å². The fourth-order valence-corrected chi connectivity index (χ4v) is 8.55. The first kappa shape index (κ1) is 21.9. The van der Waals surface area contributed by atoms with Gasteiger partial charge in [-0.1, -0.05) is 123 Å². The molecule has 2 saturated carbocycles. The molecule has 0 heterocycles. The largest absolute Gasteiger partial charge is 0.0725 e. The van der Waals surface area contributed by atoms with E-state index in [1.54, 1.807) is 11.1 Å². The molecule has 37 heavy (non-hydrogen) atoms. The molecule has 1 spiro atoms. The van der Waals surface area contributed by atoms with Gasteiger partial charge in [0.1, 0.15) is 0 Å². The monoisotopic (exact) mass is 480 g/mol. The molecule has 2 fully saturated rings. The van der Waals surface area contributed by atoms with Gasteiger partial charge in [-0.3, -0.25) is 0 Å². The van der Waals surface area contributed by atoms with Crippen molar-refractivity contribution in [1.82, 2.24) is 0 Å². The van der Waals surface area contributed by atoms with Gasteiger partial charge in [-0.05, 0) is 93.2 Å². The Hall–Kier alpha value is -3.12. The van der Waals surface area contributed by atoms with Crippen molar-refractivity contribution in [2.45, 2.75) is 81.5 Å². The molecule has 0 N–H and O–H groups in total. The Morgan fingerprint density at radius 2 is 0.811 bits per heavy atom. The average Bonchev–Trinajstić information content (AvgIpc) is 3.45. The lowest BCUT2D eigenvalue weighted by molar-refractivity contribution is 0.443. The molecule has 0 aliphatic heterocycles. The molecule has 4 aromatic rings. The highest BCUT2D eigenvalue weighted by Gasteiger charge is 2.51. The van der Waals surface area contributed by atoms with Gasteiger partial charge < -0.3 is 0 Å². The van der Waals surface area contributed by atoms with E-state index in [2.05, 4.69) is 84.9 Å². The Morgan fingerprint density at radius 3 is 1.27 bits per heavy atom. The van der Waals surface area contributed by atoms with E-state index in [1.165, 1.54) is 109 Å². The summed E-state index contributed by atoms with van der Waals surface area (Å²) in [7, 11) is 0. The Bertz CT molecular complexity index is 1380. The van der Waals surface area contributed by atoms with Crippen LogP contribution in [0, 0.1) is 0 Å². The molecule has 0 nitrogen and oxygen atoms in total. The summed E-state index contributed by atoms with van der Waals surface area (Å²) in [6, 6.07) is 33.7. The van der Waals surface area contributed by atoms with Crippen LogP contribution in [0.2, 0.25) is 0 Å². The van der Waals surface area contributed by atoms with Crippen LogP contribution >= 0.6 is 0 Å². The summed E-state index contributed by atoms with van der Waals surface area (Å²) in [5, 5.41) is 0. The van der Waals surface area contributed by atoms with Crippen LogP contribution in [0.4, 0.5) is 0 Å². The molecule has 0 amide bonds. The minimum absolute atomic E-state index is 0.201. The summed E-state index contributed by atoms with van der Waals surface area (Å²) in [5.41, 5.74) is 14.7. The van der Waals surface area contributed by atoms with E-state index >= 15 is 0 Å². The minimum Gasteiger partial charge on any atom is -0.0619 e. The quantitative estimate of drug-likeness (QED) is 0.231. The number of benzene rings is 4. The smallest absolute Gasteiger partial charge is 0.0619 e. The van der Waals surface area contributed by atoms with Crippen LogP contribution in [0.15, 0.2) is 84.9 Å². The first-order valence-electron chi connectivity index (χ1n) is 14.8. The summed E-state index contributed by atoms with van der Waals surface area (Å²) in [4.78, 5) is 0. The Kier molecular flexibility index (Phi) is 5.01. The number of hydrogen-bond acceptors (Lipinski definition) is 0. The second-order valence-corrected chi connectivity index (χ2v) is 12.1. The molecule has 184 valence electrons. The zero-order valence-corrected chi connectivity index (χ0v) is 21.8. The zero-order chi connectivity index (χ0) is 24.4. The van der Waals surface area contributed by atoms with Crippen molar-refractivity contribution in [1.29, 1.82) is 0 Å². The predicted molar refractivity (Wildman–Crippen MR) is 154 cm³/mol. The second-order valence-electron chi connectivity index (χ2n) is 12.1. The topological polar surface area (TPSA) is 0 Å². The molecule has 4 aliphatic carbocycles. The van der Waals surface area contributed by atoms with E-state index < -0.39 is 0 Å². The number of rotatable bonds is 2. The van der Waals surface area contributed by atoms with Crippen LogP contribution < -0.4 is 0 Å². The average molecular weight is 481 g/mol. The maximum atomic E-state index is 2.64. The highest BCUT2D eigenvalue weighted by Crippen LogP contribution is 2.63. The first-order valence-corrected chi connectivity index (χ1v) is 14.8. The second kappa shape index (κ2) is 8.45. The van der Waals surface area contributed by atoms with Gasteiger partial charge in [-0.2, -0.15) is 0 Å². The van der Waals surface area contributed by atoms with Gasteiger partial charge >= 0.3 is 0 Å². The Morgan fingerprint density at radius 1 is 0.405 bits per heavy atom. The van der Waals surface area contributed by atoms with Crippen LogP contribution in [0.1, 0.15) is 109 Å². The fraction of sp³-hybridized carbons (Fsp3) is 0.351. The molecule has 0 atom stereocenters. The third-order valence-electron chi connectivity index (χ3n) is 10.3. The van der Waals surface area contributed by atoms with Crippen LogP contribution in [-0.2, 0) is 5.41 Å². The van der Waals surface area contributed by atoms with Gasteiger partial charge in [-0.15, -0.1) is 0 Å². The molecular weight excluding hydrogens is 444 g/mol. The highest BCUT2D eigenvalue weighted by molar-refractivity contribution is 5.95. The van der Waals surface area contributed by atoms with Crippen molar-refractivity contribution in [2.24, 2.45) is 0 Å². The number of fused-ring (bicyclic) bond motifs is 10. The highest BCUT2D eigenvalue weighted by atomic mass is 14.5. The van der Waals surface area contributed by atoms with E-state index in [9.17, 15) is 0 Å². The molecular formula is C37H36. The van der Waals surface area contributed by atoms with Crippen molar-refractivity contribution in [3.8, 4) is 22.3 Å². The van der Waals surface area contributed by atoms with Crippen molar-refractivity contribution >= 4 is 0 Å². The standard InChI is InChI=1S/C37H36/c1-3-11-25(12-4-1)27-19-21-31-32-22-20-28(26-13-5-2-6-14-26)24-36(32)37(35(31)23-27)33-17-9-7-15-29(33)30-16-8-10-18-34(30)37/h7-10,15-26H,1-6,11-14H2. The molecule has 0 unspecified atom stereocenters. The van der Waals surface area contributed by atoms with Crippen molar-refractivity contribution in [3.63, 3.8) is 0 Å². The van der Waals surface area contributed by atoms with Crippen molar-refractivity contribution < 1.29 is 0 Å². The number of hydrogen-bond donors (Lipinski definition) is 0. The molecule has 4 aromatic carbocycles. The van der Waals surface area contributed by atoms with E-state index in [1.807, 2.05) is 0 Å². The van der Waals surface area contributed by atoms with E-state index in [4.69, 9.17) is 0 Å². The summed E-state index contributed by atoms with van der Waals surface area (Å²) in [6.45, 7) is 0. The lowest BCUT2D eigenvalue weighted by Crippen LogP contribution is -2.26. The van der Waals surface area contributed by atoms with E-state index in [0.29, 0.717) is 11.8 Å². The van der Waals surface area contributed by atoms with E-state index in [0.717, 1.165) is 0 Å². The summed E-state index contributed by atoms with van der Waals surface area (Å²) in [6.07, 6.45) is 13.7. The van der Waals surface area contributed by atoms with Gasteiger partial charge in [0.25, 0.3) is 0 Å². The molecule has 8 rings (SSSR count). The molecule has 4 aliphatic rings. The summed E-state index contributed by atoms with van der Waals surface area (Å²) >= 11 is 0. The van der Waals surface area contributed by atoms with Gasteiger partial charge in [0.05, 0.1) is 5.41 Å². The zero-order valence-electron chi connectivity index (χ0n) is 21.8. The maximum absolute atomic E-state index is 2.64. The fourth-order valence-electron chi connectivity index (χ4n) is 8.55. The maximum Gasteiger partial charge on any atom is 0.0725 e. The third kappa shape index (κ3) is 3.08. The Balaban J connectivity index is 1.42. The lowest BCUT2D eigenvalue weighted by Gasteiger charge is -2.32. The van der Waals surface area contributed by atoms with E-state index in [-0.39, 0.29) is 5.41 Å². The third-order valence-corrected chi connectivity index (χ3v) is 10.3. The molecule has 0 aromatic heterocycles. The molecule has 0 saturated heterocycles. The van der Waals surface area contributed by atoms with Crippen molar-refractivity contribution in [3.05, 3.63) is 118 Å². The van der Waals surface area contributed by atoms with Crippen LogP contribution in [0.5, 0.6) is 0 Å². The first-order chi connectivity index (χ1) is 18.4.